The van der Waals surface area contributed by atoms with E-state index in [1.54, 1.807) is 6.33 Å². The van der Waals surface area contributed by atoms with E-state index in [1.165, 1.54) is 11.1 Å². The predicted molar refractivity (Wildman–Crippen MR) is 90.5 cm³/mol. The molecule has 4 heteroatoms. The smallest absolute Gasteiger partial charge is 0.251 e. The minimum Gasteiger partial charge on any atom is -0.349 e. The van der Waals surface area contributed by atoms with Crippen molar-refractivity contribution in [2.24, 2.45) is 0 Å². The third-order valence-electron chi connectivity index (χ3n) is 4.87. The lowest BCUT2D eigenvalue weighted by Gasteiger charge is -2.32. The second-order valence-electron chi connectivity index (χ2n) is 6.24. The van der Waals surface area contributed by atoms with E-state index in [2.05, 4.69) is 46.5 Å². The molecule has 23 heavy (non-hydrogen) atoms. The van der Waals surface area contributed by atoms with Crippen molar-refractivity contribution in [1.82, 2.24) is 15.3 Å². The molecule has 2 atom stereocenters. The highest BCUT2D eigenvalue weighted by molar-refractivity contribution is 5.97. The number of aromatic nitrogens is 2. The number of benzene rings is 2. The largest absolute Gasteiger partial charge is 0.349 e. The quantitative estimate of drug-likeness (QED) is 0.762. The van der Waals surface area contributed by atoms with Gasteiger partial charge in [0.15, 0.2) is 0 Å². The van der Waals surface area contributed by atoms with Crippen LogP contribution in [0.5, 0.6) is 0 Å². The molecule has 2 N–H and O–H groups in total. The topological polar surface area (TPSA) is 57.8 Å². The molecule has 116 valence electrons. The Morgan fingerprint density at radius 3 is 3.04 bits per heavy atom. The molecule has 1 aliphatic rings. The molecule has 0 saturated carbocycles. The summed E-state index contributed by atoms with van der Waals surface area (Å²) >= 11 is 0. The number of nitrogens with zero attached hydrogens (tertiary/aromatic N) is 1. The maximum absolute atomic E-state index is 12.6. The lowest BCUT2D eigenvalue weighted by Crippen LogP contribution is -2.41. The Labute approximate surface area is 134 Å². The van der Waals surface area contributed by atoms with Gasteiger partial charge in [-0.1, -0.05) is 31.2 Å². The Morgan fingerprint density at radius 1 is 1.26 bits per heavy atom. The van der Waals surface area contributed by atoms with Crippen LogP contribution < -0.4 is 5.32 Å². The Balaban J connectivity index is 1.55. The van der Waals surface area contributed by atoms with E-state index in [1.807, 2.05) is 18.2 Å². The summed E-state index contributed by atoms with van der Waals surface area (Å²) in [7, 11) is 0. The van der Waals surface area contributed by atoms with Crippen LogP contribution in [-0.2, 0) is 6.42 Å². The van der Waals surface area contributed by atoms with Gasteiger partial charge < -0.3 is 10.3 Å². The van der Waals surface area contributed by atoms with Gasteiger partial charge >= 0.3 is 0 Å². The number of amides is 1. The Bertz CT molecular complexity index is 868. The summed E-state index contributed by atoms with van der Waals surface area (Å²) < 4.78 is 0. The number of aromatic amines is 1. The molecular formula is C19H19N3O. The molecule has 1 aromatic heterocycles. The van der Waals surface area contributed by atoms with Gasteiger partial charge in [-0.25, -0.2) is 4.98 Å². The summed E-state index contributed by atoms with van der Waals surface area (Å²) in [5, 5.41) is 3.21. The summed E-state index contributed by atoms with van der Waals surface area (Å²) in [5.41, 5.74) is 5.19. The number of H-pyrrole nitrogens is 1. The lowest BCUT2D eigenvalue weighted by atomic mass is 9.80. The standard InChI is InChI=1S/C19H19N3O/c1-12-15-5-3-2-4-13(15)6-8-16(12)22-19(23)14-7-9-17-18(10-14)21-11-20-17/h2-5,7,9-12,16H,6,8H2,1H3,(H,20,21)(H,22,23)/t12-,16+/m0/s1. The molecule has 1 heterocycles. The summed E-state index contributed by atoms with van der Waals surface area (Å²) in [6.07, 6.45) is 3.64. The van der Waals surface area contributed by atoms with Crippen LogP contribution in [0.2, 0.25) is 0 Å². The average Bonchev–Trinajstić information content (AvgIpc) is 3.05. The van der Waals surface area contributed by atoms with Crippen LogP contribution in [0.15, 0.2) is 48.8 Å². The summed E-state index contributed by atoms with van der Waals surface area (Å²) in [4.78, 5) is 19.8. The third kappa shape index (κ3) is 2.50. The van der Waals surface area contributed by atoms with Gasteiger partial charge in [0.1, 0.15) is 0 Å². The maximum Gasteiger partial charge on any atom is 0.251 e. The zero-order valence-corrected chi connectivity index (χ0v) is 13.0. The molecule has 0 unspecified atom stereocenters. The SMILES string of the molecule is C[C@H]1c2ccccc2CC[C@H]1NC(=O)c1ccc2[nH]cnc2c1. The van der Waals surface area contributed by atoms with E-state index in [0.29, 0.717) is 11.5 Å². The molecule has 0 radical (unpaired) electrons. The van der Waals surface area contributed by atoms with Crippen molar-refractivity contribution in [2.45, 2.75) is 31.7 Å². The van der Waals surface area contributed by atoms with Gasteiger partial charge in [0.05, 0.1) is 17.4 Å². The van der Waals surface area contributed by atoms with Crippen LogP contribution in [0.3, 0.4) is 0 Å². The second-order valence-corrected chi connectivity index (χ2v) is 6.24. The van der Waals surface area contributed by atoms with Crippen LogP contribution in [0.1, 0.15) is 40.7 Å². The number of imidazole rings is 1. The fourth-order valence-corrected chi connectivity index (χ4v) is 3.51. The van der Waals surface area contributed by atoms with Gasteiger partial charge in [0.2, 0.25) is 0 Å². The van der Waals surface area contributed by atoms with Crippen LogP contribution in [0.25, 0.3) is 11.0 Å². The van der Waals surface area contributed by atoms with Crippen molar-refractivity contribution < 1.29 is 4.79 Å². The number of aryl methyl sites for hydroxylation is 1. The van der Waals surface area contributed by atoms with E-state index < -0.39 is 0 Å². The minimum atomic E-state index is -0.0221. The number of carbonyl (C=O) groups is 1. The van der Waals surface area contributed by atoms with Gasteiger partial charge in [0.25, 0.3) is 5.91 Å². The molecule has 2 aromatic carbocycles. The van der Waals surface area contributed by atoms with Crippen molar-refractivity contribution in [2.75, 3.05) is 0 Å². The van der Waals surface area contributed by atoms with Gasteiger partial charge in [0, 0.05) is 17.5 Å². The highest BCUT2D eigenvalue weighted by Crippen LogP contribution is 2.31. The Kier molecular flexibility index (Phi) is 3.37. The van der Waals surface area contributed by atoms with E-state index in [9.17, 15) is 4.79 Å². The molecule has 4 rings (SSSR count). The van der Waals surface area contributed by atoms with Crippen LogP contribution in [0.4, 0.5) is 0 Å². The fraction of sp³-hybridized carbons (Fsp3) is 0.263. The molecule has 0 fully saturated rings. The Morgan fingerprint density at radius 2 is 2.13 bits per heavy atom. The van der Waals surface area contributed by atoms with Crippen LogP contribution in [0, 0.1) is 0 Å². The van der Waals surface area contributed by atoms with Gasteiger partial charge in [-0.05, 0) is 42.2 Å². The molecule has 0 saturated heterocycles. The van der Waals surface area contributed by atoms with E-state index >= 15 is 0 Å². The number of hydrogen-bond acceptors (Lipinski definition) is 2. The first-order valence-corrected chi connectivity index (χ1v) is 8.04. The Hall–Kier alpha value is -2.62. The van der Waals surface area contributed by atoms with Crippen LogP contribution >= 0.6 is 0 Å². The highest BCUT2D eigenvalue weighted by atomic mass is 16.1. The molecule has 0 spiro atoms. The number of nitrogens with one attached hydrogen (secondary N) is 2. The molecule has 0 aliphatic heterocycles. The zero-order chi connectivity index (χ0) is 15.8. The van der Waals surface area contributed by atoms with Crippen LogP contribution in [-0.4, -0.2) is 21.9 Å². The molecule has 3 aromatic rings. The molecule has 0 bridgehead atoms. The fourth-order valence-electron chi connectivity index (χ4n) is 3.51. The van der Waals surface area contributed by atoms with Crippen molar-refractivity contribution >= 4 is 16.9 Å². The summed E-state index contributed by atoms with van der Waals surface area (Å²) in [6.45, 7) is 2.19. The normalized spacial score (nSPS) is 20.2. The molecule has 1 aliphatic carbocycles. The number of carbonyl (C=O) groups excluding carboxylic acids is 1. The number of hydrogen-bond donors (Lipinski definition) is 2. The van der Waals surface area contributed by atoms with Crippen molar-refractivity contribution in [3.63, 3.8) is 0 Å². The van der Waals surface area contributed by atoms with Crippen molar-refractivity contribution in [3.05, 3.63) is 65.5 Å². The van der Waals surface area contributed by atoms with Crippen molar-refractivity contribution in [1.29, 1.82) is 0 Å². The molecule has 4 nitrogen and oxygen atoms in total. The number of rotatable bonds is 2. The second kappa shape index (κ2) is 5.54. The first kappa shape index (κ1) is 14.0. The summed E-state index contributed by atoms with van der Waals surface area (Å²) in [5.74, 6) is 0.309. The monoisotopic (exact) mass is 305 g/mol. The summed E-state index contributed by atoms with van der Waals surface area (Å²) in [6, 6.07) is 14.3. The highest BCUT2D eigenvalue weighted by Gasteiger charge is 2.27. The van der Waals surface area contributed by atoms with E-state index in [-0.39, 0.29) is 11.9 Å². The average molecular weight is 305 g/mol. The lowest BCUT2D eigenvalue weighted by molar-refractivity contribution is 0.0928. The van der Waals surface area contributed by atoms with Gasteiger partial charge in [-0.15, -0.1) is 0 Å². The van der Waals surface area contributed by atoms with E-state index in [0.717, 1.165) is 23.9 Å². The zero-order valence-electron chi connectivity index (χ0n) is 13.0. The molecular weight excluding hydrogens is 286 g/mol. The van der Waals surface area contributed by atoms with E-state index in [4.69, 9.17) is 0 Å². The number of fused-ring (bicyclic) bond motifs is 2. The first-order valence-electron chi connectivity index (χ1n) is 8.04. The minimum absolute atomic E-state index is 0.0221. The molecule has 1 amide bonds. The maximum atomic E-state index is 12.6. The first-order chi connectivity index (χ1) is 11.2. The van der Waals surface area contributed by atoms with Crippen molar-refractivity contribution in [3.8, 4) is 0 Å². The predicted octanol–water partition coefficient (Wildman–Crippen LogP) is 3.41. The van der Waals surface area contributed by atoms with Gasteiger partial charge in [-0.2, -0.15) is 0 Å². The third-order valence-corrected chi connectivity index (χ3v) is 4.87. The van der Waals surface area contributed by atoms with Gasteiger partial charge in [-0.3, -0.25) is 4.79 Å².